The van der Waals surface area contributed by atoms with E-state index in [0.717, 1.165) is 21.1 Å². The molecule has 1 unspecified atom stereocenters. The zero-order valence-electron chi connectivity index (χ0n) is 11.5. The van der Waals surface area contributed by atoms with Crippen molar-refractivity contribution >= 4 is 31.9 Å². The van der Waals surface area contributed by atoms with E-state index in [1.54, 1.807) is 6.20 Å². The van der Waals surface area contributed by atoms with E-state index >= 15 is 0 Å². The van der Waals surface area contributed by atoms with Gasteiger partial charge in [-0.05, 0) is 74.9 Å². The van der Waals surface area contributed by atoms with E-state index in [2.05, 4.69) is 74.3 Å². The fraction of sp³-hybridized carbons (Fsp3) is 0.267. The summed E-state index contributed by atoms with van der Waals surface area (Å²) >= 11 is 6.95. The lowest BCUT2D eigenvalue weighted by Crippen LogP contribution is -2.30. The molecule has 5 heteroatoms. The van der Waals surface area contributed by atoms with Crippen LogP contribution in [0.3, 0.4) is 0 Å². The number of pyridine rings is 1. The van der Waals surface area contributed by atoms with Crippen molar-refractivity contribution in [3.05, 3.63) is 61.8 Å². The second kappa shape index (κ2) is 6.80. The summed E-state index contributed by atoms with van der Waals surface area (Å²) in [5.74, 6) is 5.70. The summed E-state index contributed by atoms with van der Waals surface area (Å²) in [6.45, 7) is 4.24. The van der Waals surface area contributed by atoms with E-state index < -0.39 is 0 Å². The van der Waals surface area contributed by atoms with E-state index in [9.17, 15) is 0 Å². The van der Waals surface area contributed by atoms with Crippen molar-refractivity contribution in [3.63, 3.8) is 0 Å². The monoisotopic (exact) mass is 397 g/mol. The number of hydrazine groups is 1. The molecule has 0 bridgehead atoms. The third-order valence-electron chi connectivity index (χ3n) is 3.38. The molecule has 0 saturated carbocycles. The Kier molecular flexibility index (Phi) is 5.32. The predicted octanol–water partition coefficient (Wildman–Crippen LogP) is 3.97. The van der Waals surface area contributed by atoms with E-state index in [4.69, 9.17) is 5.84 Å². The van der Waals surface area contributed by atoms with Crippen LogP contribution in [0.2, 0.25) is 0 Å². The van der Waals surface area contributed by atoms with Gasteiger partial charge in [-0.3, -0.25) is 16.3 Å². The van der Waals surface area contributed by atoms with E-state index in [-0.39, 0.29) is 6.04 Å². The highest BCUT2D eigenvalue weighted by molar-refractivity contribution is 9.11. The van der Waals surface area contributed by atoms with Crippen molar-refractivity contribution in [3.8, 4) is 0 Å². The van der Waals surface area contributed by atoms with Crippen LogP contribution in [-0.2, 0) is 6.42 Å². The van der Waals surface area contributed by atoms with Crippen molar-refractivity contribution in [2.75, 3.05) is 0 Å². The SMILES string of the molecule is Cc1ccc(CC(NN)c2ncc(Br)cc2Br)cc1C. The lowest BCUT2D eigenvalue weighted by molar-refractivity contribution is 0.536. The molecular weight excluding hydrogens is 382 g/mol. The molecule has 1 atom stereocenters. The van der Waals surface area contributed by atoms with Gasteiger partial charge in [0, 0.05) is 15.1 Å². The highest BCUT2D eigenvalue weighted by atomic mass is 79.9. The van der Waals surface area contributed by atoms with Crippen LogP contribution in [0.15, 0.2) is 39.4 Å². The average molecular weight is 399 g/mol. The van der Waals surface area contributed by atoms with Gasteiger partial charge in [0.05, 0.1) is 11.7 Å². The summed E-state index contributed by atoms with van der Waals surface area (Å²) < 4.78 is 1.88. The van der Waals surface area contributed by atoms with Gasteiger partial charge in [-0.25, -0.2) is 0 Å². The molecule has 2 rings (SSSR count). The van der Waals surface area contributed by atoms with Crippen molar-refractivity contribution in [1.29, 1.82) is 0 Å². The Balaban J connectivity index is 2.26. The number of benzene rings is 1. The van der Waals surface area contributed by atoms with Crippen LogP contribution in [0.4, 0.5) is 0 Å². The normalized spacial score (nSPS) is 12.4. The fourth-order valence-corrected chi connectivity index (χ4v) is 3.35. The van der Waals surface area contributed by atoms with E-state index in [1.807, 2.05) is 6.07 Å². The van der Waals surface area contributed by atoms with Crippen LogP contribution < -0.4 is 11.3 Å². The minimum atomic E-state index is -0.0282. The molecule has 0 amide bonds. The van der Waals surface area contributed by atoms with Gasteiger partial charge in [0.2, 0.25) is 0 Å². The fourth-order valence-electron chi connectivity index (χ4n) is 2.08. The van der Waals surface area contributed by atoms with Crippen molar-refractivity contribution < 1.29 is 0 Å². The zero-order valence-corrected chi connectivity index (χ0v) is 14.6. The molecule has 0 aliphatic heterocycles. The van der Waals surface area contributed by atoms with Crippen LogP contribution in [0.25, 0.3) is 0 Å². The second-order valence-corrected chi connectivity index (χ2v) is 6.63. The molecule has 1 aromatic heterocycles. The Hall–Kier alpha value is -0.750. The molecular formula is C15H17Br2N3. The van der Waals surface area contributed by atoms with Crippen LogP contribution >= 0.6 is 31.9 Å². The first kappa shape index (κ1) is 15.6. The van der Waals surface area contributed by atoms with Crippen LogP contribution in [-0.4, -0.2) is 4.98 Å². The number of aryl methyl sites for hydroxylation is 2. The van der Waals surface area contributed by atoms with Gasteiger partial charge in [0.1, 0.15) is 0 Å². The molecule has 0 spiro atoms. The summed E-state index contributed by atoms with van der Waals surface area (Å²) in [6, 6.07) is 8.43. The van der Waals surface area contributed by atoms with Gasteiger partial charge in [0.15, 0.2) is 0 Å². The Morgan fingerprint density at radius 2 is 1.95 bits per heavy atom. The van der Waals surface area contributed by atoms with Crippen molar-refractivity contribution in [2.45, 2.75) is 26.3 Å². The maximum Gasteiger partial charge on any atom is 0.0732 e. The molecule has 20 heavy (non-hydrogen) atoms. The molecule has 1 heterocycles. The highest BCUT2D eigenvalue weighted by Crippen LogP contribution is 2.26. The highest BCUT2D eigenvalue weighted by Gasteiger charge is 2.16. The molecule has 106 valence electrons. The molecule has 0 fully saturated rings. The molecule has 0 aliphatic carbocycles. The Morgan fingerprint density at radius 1 is 1.20 bits per heavy atom. The molecule has 0 saturated heterocycles. The molecule has 3 N–H and O–H groups in total. The number of nitrogens with two attached hydrogens (primary N) is 1. The summed E-state index contributed by atoms with van der Waals surface area (Å²) in [6.07, 6.45) is 2.58. The van der Waals surface area contributed by atoms with Gasteiger partial charge in [-0.2, -0.15) is 0 Å². The quantitative estimate of drug-likeness (QED) is 0.605. The second-order valence-electron chi connectivity index (χ2n) is 4.86. The smallest absolute Gasteiger partial charge is 0.0732 e. The molecule has 0 aliphatic rings. The van der Waals surface area contributed by atoms with Crippen molar-refractivity contribution in [1.82, 2.24) is 10.4 Å². The first-order valence-electron chi connectivity index (χ1n) is 6.34. The number of nitrogens with one attached hydrogen (secondary N) is 1. The van der Waals surface area contributed by atoms with Gasteiger partial charge >= 0.3 is 0 Å². The number of hydrogen-bond donors (Lipinski definition) is 2. The topological polar surface area (TPSA) is 50.9 Å². The van der Waals surface area contributed by atoms with E-state index in [1.165, 1.54) is 16.7 Å². The van der Waals surface area contributed by atoms with Crippen LogP contribution in [0.1, 0.15) is 28.4 Å². The predicted molar refractivity (Wildman–Crippen MR) is 89.3 cm³/mol. The number of hydrogen-bond acceptors (Lipinski definition) is 3. The maximum absolute atomic E-state index is 5.70. The molecule has 1 aromatic carbocycles. The van der Waals surface area contributed by atoms with Gasteiger partial charge in [0.25, 0.3) is 0 Å². The summed E-state index contributed by atoms with van der Waals surface area (Å²) in [4.78, 5) is 4.45. The molecule has 3 nitrogen and oxygen atoms in total. The summed E-state index contributed by atoms with van der Waals surface area (Å²) in [5, 5.41) is 0. The lowest BCUT2D eigenvalue weighted by Gasteiger charge is -2.17. The zero-order chi connectivity index (χ0) is 14.7. The standard InChI is InChI=1S/C15H17Br2N3/c1-9-3-4-11(5-10(9)2)6-14(20-18)15-13(17)7-12(16)8-19-15/h3-5,7-8,14,20H,6,18H2,1-2H3. The minimum Gasteiger partial charge on any atom is -0.271 e. The summed E-state index contributed by atoms with van der Waals surface area (Å²) in [7, 11) is 0. The Bertz CT molecular complexity index is 614. The third kappa shape index (κ3) is 3.67. The first-order chi connectivity index (χ1) is 9.51. The van der Waals surface area contributed by atoms with Gasteiger partial charge in [-0.15, -0.1) is 0 Å². The average Bonchev–Trinajstić information content (AvgIpc) is 2.41. The molecule has 2 aromatic rings. The Labute approximate surface area is 136 Å². The number of nitrogens with zero attached hydrogens (tertiary/aromatic N) is 1. The summed E-state index contributed by atoms with van der Waals surface area (Å²) in [5.41, 5.74) is 7.60. The van der Waals surface area contributed by atoms with Crippen LogP contribution in [0, 0.1) is 13.8 Å². The Morgan fingerprint density at radius 3 is 2.55 bits per heavy atom. The van der Waals surface area contributed by atoms with Crippen LogP contribution in [0.5, 0.6) is 0 Å². The maximum atomic E-state index is 5.70. The van der Waals surface area contributed by atoms with Gasteiger partial charge in [-0.1, -0.05) is 18.2 Å². The number of rotatable bonds is 4. The van der Waals surface area contributed by atoms with E-state index in [0.29, 0.717) is 0 Å². The minimum absolute atomic E-state index is 0.0282. The van der Waals surface area contributed by atoms with Crippen molar-refractivity contribution in [2.24, 2.45) is 5.84 Å². The number of aromatic nitrogens is 1. The third-order valence-corrected chi connectivity index (χ3v) is 4.45. The number of halogens is 2. The molecule has 0 radical (unpaired) electrons. The first-order valence-corrected chi connectivity index (χ1v) is 7.93. The lowest BCUT2D eigenvalue weighted by atomic mass is 9.99. The largest absolute Gasteiger partial charge is 0.271 e. The van der Waals surface area contributed by atoms with Gasteiger partial charge < -0.3 is 0 Å².